The molecule has 1 N–H and O–H groups in total. The average Bonchev–Trinajstić information content (AvgIpc) is 2.68. The molecule has 0 heterocycles. The highest BCUT2D eigenvalue weighted by Crippen LogP contribution is 2.33. The summed E-state index contributed by atoms with van der Waals surface area (Å²) >= 11 is 18.0. The maximum atomic E-state index is 6.08. The van der Waals surface area contributed by atoms with Crippen molar-refractivity contribution in [2.75, 3.05) is 12.4 Å². The van der Waals surface area contributed by atoms with Gasteiger partial charge in [-0.05, 0) is 42.0 Å². The van der Waals surface area contributed by atoms with Crippen LogP contribution in [0.5, 0.6) is 11.5 Å². The van der Waals surface area contributed by atoms with Crippen LogP contribution in [0.4, 0.5) is 5.69 Å². The summed E-state index contributed by atoms with van der Waals surface area (Å²) < 4.78 is 11.5. The summed E-state index contributed by atoms with van der Waals surface area (Å²) in [6.45, 7) is 0.961. The molecule has 0 amide bonds. The third-order valence-corrected chi connectivity index (χ3v) is 4.97. The van der Waals surface area contributed by atoms with Gasteiger partial charge in [-0.3, -0.25) is 0 Å². The van der Waals surface area contributed by atoms with Crippen LogP contribution < -0.4 is 14.8 Å². The summed E-state index contributed by atoms with van der Waals surface area (Å²) in [5, 5.41) is 5.06. The standard InChI is InChI=1S/C21H18Cl3NO2/c1-26-20-4-2-3-15(12-25-17-9-10-18(23)19(24)11-17)21(20)27-13-14-5-7-16(22)8-6-14/h2-11,25H,12-13H2,1H3. The van der Waals surface area contributed by atoms with E-state index >= 15 is 0 Å². The summed E-state index contributed by atoms with van der Waals surface area (Å²) in [5.41, 5.74) is 2.86. The lowest BCUT2D eigenvalue weighted by Gasteiger charge is -2.16. The van der Waals surface area contributed by atoms with Crippen LogP contribution in [-0.4, -0.2) is 7.11 Å². The van der Waals surface area contributed by atoms with Crippen molar-refractivity contribution in [1.29, 1.82) is 0 Å². The average molecular weight is 423 g/mol. The van der Waals surface area contributed by atoms with Crippen LogP contribution in [0.15, 0.2) is 60.7 Å². The topological polar surface area (TPSA) is 30.5 Å². The van der Waals surface area contributed by atoms with Gasteiger partial charge < -0.3 is 14.8 Å². The molecule has 0 atom stereocenters. The lowest BCUT2D eigenvalue weighted by molar-refractivity contribution is 0.281. The first-order chi connectivity index (χ1) is 13.1. The van der Waals surface area contributed by atoms with E-state index in [0.29, 0.717) is 39.7 Å². The van der Waals surface area contributed by atoms with E-state index in [1.54, 1.807) is 19.2 Å². The number of anilines is 1. The molecule has 140 valence electrons. The number of ether oxygens (including phenoxy) is 2. The van der Waals surface area contributed by atoms with Crippen molar-refractivity contribution >= 4 is 40.5 Å². The Morgan fingerprint density at radius 3 is 2.37 bits per heavy atom. The minimum absolute atomic E-state index is 0.414. The van der Waals surface area contributed by atoms with Gasteiger partial charge in [0.1, 0.15) is 6.61 Å². The van der Waals surface area contributed by atoms with E-state index in [9.17, 15) is 0 Å². The van der Waals surface area contributed by atoms with Gasteiger partial charge in [-0.2, -0.15) is 0 Å². The molecule has 27 heavy (non-hydrogen) atoms. The molecule has 3 nitrogen and oxygen atoms in total. The van der Waals surface area contributed by atoms with Crippen molar-refractivity contribution in [2.24, 2.45) is 0 Å². The van der Waals surface area contributed by atoms with Crippen LogP contribution in [0.2, 0.25) is 15.1 Å². The molecule has 0 radical (unpaired) electrons. The van der Waals surface area contributed by atoms with E-state index in [1.165, 1.54) is 0 Å². The minimum Gasteiger partial charge on any atom is -0.493 e. The second-order valence-corrected chi connectivity index (χ2v) is 7.10. The van der Waals surface area contributed by atoms with Gasteiger partial charge >= 0.3 is 0 Å². The lowest BCUT2D eigenvalue weighted by atomic mass is 10.1. The monoisotopic (exact) mass is 421 g/mol. The van der Waals surface area contributed by atoms with Gasteiger partial charge in [0.15, 0.2) is 11.5 Å². The van der Waals surface area contributed by atoms with E-state index < -0.39 is 0 Å². The quantitative estimate of drug-likeness (QED) is 0.452. The summed E-state index contributed by atoms with van der Waals surface area (Å²) in [6.07, 6.45) is 0. The van der Waals surface area contributed by atoms with Crippen LogP contribution in [0.1, 0.15) is 11.1 Å². The summed E-state index contributed by atoms with van der Waals surface area (Å²) in [7, 11) is 1.63. The zero-order valence-electron chi connectivity index (χ0n) is 14.6. The molecule has 3 aromatic carbocycles. The Bertz CT molecular complexity index is 914. The minimum atomic E-state index is 0.414. The van der Waals surface area contributed by atoms with Crippen molar-refractivity contribution in [2.45, 2.75) is 13.2 Å². The van der Waals surface area contributed by atoms with Crippen LogP contribution >= 0.6 is 34.8 Å². The smallest absolute Gasteiger partial charge is 0.166 e. The number of methoxy groups -OCH3 is 1. The van der Waals surface area contributed by atoms with Gasteiger partial charge in [0.2, 0.25) is 0 Å². The zero-order chi connectivity index (χ0) is 19.2. The highest BCUT2D eigenvalue weighted by Gasteiger charge is 2.11. The third-order valence-electron chi connectivity index (χ3n) is 3.98. The predicted octanol–water partition coefficient (Wildman–Crippen LogP) is 6.85. The Labute approximate surface area is 173 Å². The number of rotatable bonds is 7. The second-order valence-electron chi connectivity index (χ2n) is 5.85. The van der Waals surface area contributed by atoms with Crippen LogP contribution in [0.25, 0.3) is 0 Å². The van der Waals surface area contributed by atoms with Crippen molar-refractivity contribution in [1.82, 2.24) is 0 Å². The molecule has 0 spiro atoms. The number of benzene rings is 3. The first-order valence-corrected chi connectivity index (χ1v) is 9.42. The van der Waals surface area contributed by atoms with Crippen molar-refractivity contribution in [3.8, 4) is 11.5 Å². The molecule has 0 fully saturated rings. The van der Waals surface area contributed by atoms with E-state index in [2.05, 4.69) is 5.32 Å². The molecule has 3 rings (SSSR count). The number of hydrogen-bond acceptors (Lipinski definition) is 3. The normalized spacial score (nSPS) is 10.5. The van der Waals surface area contributed by atoms with Gasteiger partial charge in [0.05, 0.1) is 17.2 Å². The highest BCUT2D eigenvalue weighted by molar-refractivity contribution is 6.42. The zero-order valence-corrected chi connectivity index (χ0v) is 16.9. The first-order valence-electron chi connectivity index (χ1n) is 8.29. The fraction of sp³-hybridized carbons (Fsp3) is 0.143. The molecule has 6 heteroatoms. The van der Waals surface area contributed by atoms with Crippen molar-refractivity contribution in [3.63, 3.8) is 0 Å². The Balaban J connectivity index is 1.76. The molecule has 0 saturated heterocycles. The number of para-hydroxylation sites is 1. The fourth-order valence-electron chi connectivity index (χ4n) is 2.56. The van der Waals surface area contributed by atoms with E-state index in [4.69, 9.17) is 44.3 Å². The molecule has 0 bridgehead atoms. The van der Waals surface area contributed by atoms with Gasteiger partial charge in [0.25, 0.3) is 0 Å². The molecule has 0 saturated carbocycles. The van der Waals surface area contributed by atoms with E-state index in [1.807, 2.05) is 48.5 Å². The van der Waals surface area contributed by atoms with E-state index in [-0.39, 0.29) is 0 Å². The highest BCUT2D eigenvalue weighted by atomic mass is 35.5. The van der Waals surface area contributed by atoms with Crippen LogP contribution in [0, 0.1) is 0 Å². The molecule has 0 aliphatic heterocycles. The maximum Gasteiger partial charge on any atom is 0.166 e. The predicted molar refractivity (Wildman–Crippen MR) is 113 cm³/mol. The Morgan fingerprint density at radius 1 is 0.889 bits per heavy atom. The molecular weight excluding hydrogens is 405 g/mol. The summed E-state index contributed by atoms with van der Waals surface area (Å²) in [6, 6.07) is 18.8. The van der Waals surface area contributed by atoms with E-state index in [0.717, 1.165) is 16.8 Å². The van der Waals surface area contributed by atoms with Crippen LogP contribution in [-0.2, 0) is 13.2 Å². The Kier molecular flexibility index (Phi) is 6.73. The number of halogens is 3. The molecule has 0 aromatic heterocycles. The van der Waals surface area contributed by atoms with Gasteiger partial charge in [-0.25, -0.2) is 0 Å². The van der Waals surface area contributed by atoms with Gasteiger partial charge in [-0.15, -0.1) is 0 Å². The van der Waals surface area contributed by atoms with Crippen molar-refractivity contribution < 1.29 is 9.47 Å². The third kappa shape index (κ3) is 5.23. The Hall–Kier alpha value is -2.07. The molecule has 0 aliphatic rings. The van der Waals surface area contributed by atoms with Gasteiger partial charge in [0, 0.05) is 22.8 Å². The molecule has 3 aromatic rings. The second kappa shape index (κ2) is 9.23. The lowest BCUT2D eigenvalue weighted by Crippen LogP contribution is -2.05. The SMILES string of the molecule is COc1cccc(CNc2ccc(Cl)c(Cl)c2)c1OCc1ccc(Cl)cc1. The number of nitrogens with one attached hydrogen (secondary N) is 1. The first kappa shape index (κ1) is 19.7. The van der Waals surface area contributed by atoms with Crippen LogP contribution in [0.3, 0.4) is 0 Å². The summed E-state index contributed by atoms with van der Waals surface area (Å²) in [4.78, 5) is 0. The molecule has 0 aliphatic carbocycles. The fourth-order valence-corrected chi connectivity index (χ4v) is 2.99. The largest absolute Gasteiger partial charge is 0.493 e. The van der Waals surface area contributed by atoms with Gasteiger partial charge in [-0.1, -0.05) is 59.1 Å². The summed E-state index contributed by atoms with van der Waals surface area (Å²) in [5.74, 6) is 1.37. The molecular formula is C21H18Cl3NO2. The molecule has 0 unspecified atom stereocenters. The number of hydrogen-bond donors (Lipinski definition) is 1. The van der Waals surface area contributed by atoms with Crippen molar-refractivity contribution in [3.05, 3.63) is 86.9 Å². The Morgan fingerprint density at radius 2 is 1.67 bits per heavy atom. The maximum absolute atomic E-state index is 6.08.